The van der Waals surface area contributed by atoms with Crippen molar-refractivity contribution in [2.75, 3.05) is 40.4 Å². The van der Waals surface area contributed by atoms with Crippen LogP contribution in [-0.2, 0) is 9.53 Å². The van der Waals surface area contributed by atoms with Gasteiger partial charge in [0.15, 0.2) is 5.96 Å². The fourth-order valence-electron chi connectivity index (χ4n) is 1.75. The maximum atomic E-state index is 11.1. The number of para-hydroxylation sites is 1. The summed E-state index contributed by atoms with van der Waals surface area (Å²) in [7, 11) is 3.32. The van der Waals surface area contributed by atoms with Gasteiger partial charge in [-0.2, -0.15) is 0 Å². The van der Waals surface area contributed by atoms with Gasteiger partial charge in [0.2, 0.25) is 0 Å². The molecule has 130 valence electrons. The molecular weight excluding hydrogens is 409 g/mol. The Hall–Kier alpha value is -1.51. The van der Waals surface area contributed by atoms with Gasteiger partial charge in [0.25, 0.3) is 0 Å². The lowest BCUT2D eigenvalue weighted by Gasteiger charge is -2.22. The number of benzene rings is 1. The standard InChI is InChI=1S/C16H25N3O3.HI/c1-4-17-16(18-11-10-15(20)21-3)19(2)12-13-22-14-8-6-5-7-9-14;/h5-9H,4,10-13H2,1-3H3,(H,17,18);1H. The molecule has 0 aliphatic rings. The third kappa shape index (κ3) is 9.27. The number of nitrogens with zero attached hydrogens (tertiary/aromatic N) is 2. The van der Waals surface area contributed by atoms with E-state index in [4.69, 9.17) is 4.74 Å². The summed E-state index contributed by atoms with van der Waals surface area (Å²) in [6, 6.07) is 9.69. The highest BCUT2D eigenvalue weighted by Gasteiger charge is 2.06. The van der Waals surface area contributed by atoms with Crippen LogP contribution in [0, 0.1) is 0 Å². The Labute approximate surface area is 155 Å². The van der Waals surface area contributed by atoms with Crippen molar-refractivity contribution in [1.29, 1.82) is 0 Å². The van der Waals surface area contributed by atoms with Crippen molar-refractivity contribution in [2.24, 2.45) is 4.99 Å². The molecule has 0 radical (unpaired) electrons. The summed E-state index contributed by atoms with van der Waals surface area (Å²) < 4.78 is 10.3. The number of hydrogen-bond acceptors (Lipinski definition) is 4. The number of carbonyl (C=O) groups excluding carboxylic acids is 1. The summed E-state index contributed by atoms with van der Waals surface area (Å²) in [6.07, 6.45) is 0.278. The van der Waals surface area contributed by atoms with Gasteiger partial charge in [-0.05, 0) is 19.1 Å². The van der Waals surface area contributed by atoms with Crippen LogP contribution in [0.4, 0.5) is 0 Å². The van der Waals surface area contributed by atoms with E-state index in [9.17, 15) is 4.79 Å². The largest absolute Gasteiger partial charge is 0.492 e. The molecule has 7 heteroatoms. The van der Waals surface area contributed by atoms with Crippen molar-refractivity contribution < 1.29 is 14.3 Å². The molecule has 0 aromatic heterocycles. The molecule has 0 aliphatic carbocycles. The Morgan fingerprint density at radius 3 is 2.61 bits per heavy atom. The topological polar surface area (TPSA) is 63.2 Å². The third-order valence-electron chi connectivity index (χ3n) is 2.94. The number of hydrogen-bond donors (Lipinski definition) is 1. The molecular formula is C16H26IN3O3. The first-order chi connectivity index (χ1) is 10.7. The molecule has 6 nitrogen and oxygen atoms in total. The molecule has 1 aromatic rings. The number of guanidine groups is 1. The Bertz CT molecular complexity index is 469. The Morgan fingerprint density at radius 2 is 2.00 bits per heavy atom. The average molecular weight is 435 g/mol. The zero-order valence-electron chi connectivity index (χ0n) is 13.9. The molecule has 1 N–H and O–H groups in total. The quantitative estimate of drug-likeness (QED) is 0.294. The van der Waals surface area contributed by atoms with Crippen molar-refractivity contribution in [3.63, 3.8) is 0 Å². The minimum atomic E-state index is -0.255. The number of carbonyl (C=O) groups is 1. The van der Waals surface area contributed by atoms with E-state index in [0.717, 1.165) is 18.3 Å². The molecule has 0 saturated heterocycles. The van der Waals surface area contributed by atoms with Gasteiger partial charge in [0.1, 0.15) is 12.4 Å². The van der Waals surface area contributed by atoms with Crippen molar-refractivity contribution in [3.8, 4) is 5.75 Å². The first kappa shape index (κ1) is 21.5. The van der Waals surface area contributed by atoms with Crippen molar-refractivity contribution in [3.05, 3.63) is 30.3 Å². The van der Waals surface area contributed by atoms with Gasteiger partial charge in [0.05, 0.1) is 26.6 Å². The molecule has 0 fully saturated rings. The van der Waals surface area contributed by atoms with E-state index in [0.29, 0.717) is 19.7 Å². The predicted molar refractivity (Wildman–Crippen MR) is 103 cm³/mol. The zero-order valence-corrected chi connectivity index (χ0v) is 16.3. The average Bonchev–Trinajstić information content (AvgIpc) is 2.54. The lowest BCUT2D eigenvalue weighted by Crippen LogP contribution is -2.41. The monoisotopic (exact) mass is 435 g/mol. The number of rotatable bonds is 8. The minimum absolute atomic E-state index is 0. The Balaban J connectivity index is 0.00000484. The molecule has 0 heterocycles. The second kappa shape index (κ2) is 13.0. The SMILES string of the molecule is CCNC(=NCCC(=O)OC)N(C)CCOc1ccccc1.I. The highest BCUT2D eigenvalue weighted by atomic mass is 127. The summed E-state index contributed by atoms with van der Waals surface area (Å²) in [5, 5.41) is 3.19. The number of halogens is 1. The number of methoxy groups -OCH3 is 1. The van der Waals surface area contributed by atoms with Gasteiger partial charge >= 0.3 is 5.97 Å². The number of ether oxygens (including phenoxy) is 2. The number of aliphatic imine (C=N–C) groups is 1. The number of esters is 1. The summed E-state index contributed by atoms with van der Waals surface area (Å²) in [4.78, 5) is 17.5. The molecule has 0 aliphatic heterocycles. The molecule has 0 saturated carbocycles. The summed E-state index contributed by atoms with van der Waals surface area (Å²) in [5.41, 5.74) is 0. The number of likely N-dealkylation sites (N-methyl/N-ethyl adjacent to an activating group) is 1. The Kier molecular flexibility index (Phi) is 12.1. The van der Waals surface area contributed by atoms with Gasteiger partial charge in [0, 0.05) is 13.6 Å². The van der Waals surface area contributed by atoms with Crippen molar-refractivity contribution in [1.82, 2.24) is 10.2 Å². The van der Waals surface area contributed by atoms with E-state index in [1.165, 1.54) is 7.11 Å². The van der Waals surface area contributed by atoms with E-state index < -0.39 is 0 Å². The van der Waals surface area contributed by atoms with Crippen LogP contribution >= 0.6 is 24.0 Å². The van der Waals surface area contributed by atoms with Crippen LogP contribution in [0.15, 0.2) is 35.3 Å². The second-order valence-electron chi connectivity index (χ2n) is 4.64. The van der Waals surface area contributed by atoms with Crippen LogP contribution in [0.3, 0.4) is 0 Å². The molecule has 0 bridgehead atoms. The van der Waals surface area contributed by atoms with Crippen molar-refractivity contribution >= 4 is 35.9 Å². The third-order valence-corrected chi connectivity index (χ3v) is 2.94. The highest BCUT2D eigenvalue weighted by Crippen LogP contribution is 2.07. The molecule has 0 amide bonds. The van der Waals surface area contributed by atoms with E-state index >= 15 is 0 Å². The molecule has 1 rings (SSSR count). The van der Waals surface area contributed by atoms with Crippen LogP contribution in [0.1, 0.15) is 13.3 Å². The van der Waals surface area contributed by atoms with Gasteiger partial charge in [-0.1, -0.05) is 18.2 Å². The summed E-state index contributed by atoms with van der Waals surface area (Å²) >= 11 is 0. The molecule has 0 unspecified atom stereocenters. The molecule has 1 aromatic carbocycles. The Morgan fingerprint density at radius 1 is 1.30 bits per heavy atom. The van der Waals surface area contributed by atoms with Gasteiger partial charge in [-0.3, -0.25) is 9.79 Å². The fraction of sp³-hybridized carbons (Fsp3) is 0.500. The number of nitrogens with one attached hydrogen (secondary N) is 1. The van der Waals surface area contributed by atoms with Gasteiger partial charge < -0.3 is 19.7 Å². The van der Waals surface area contributed by atoms with Gasteiger partial charge in [-0.15, -0.1) is 24.0 Å². The van der Waals surface area contributed by atoms with Crippen LogP contribution in [-0.4, -0.2) is 57.2 Å². The molecule has 0 spiro atoms. The van der Waals surface area contributed by atoms with E-state index in [-0.39, 0.29) is 36.4 Å². The normalized spacial score (nSPS) is 10.5. The fourth-order valence-corrected chi connectivity index (χ4v) is 1.75. The van der Waals surface area contributed by atoms with Crippen molar-refractivity contribution in [2.45, 2.75) is 13.3 Å². The first-order valence-corrected chi connectivity index (χ1v) is 7.41. The smallest absolute Gasteiger partial charge is 0.307 e. The van der Waals surface area contributed by atoms with E-state index in [2.05, 4.69) is 15.0 Å². The minimum Gasteiger partial charge on any atom is -0.492 e. The van der Waals surface area contributed by atoms with Crippen LogP contribution in [0.25, 0.3) is 0 Å². The zero-order chi connectivity index (χ0) is 16.2. The lowest BCUT2D eigenvalue weighted by molar-refractivity contribution is -0.140. The molecule has 0 atom stereocenters. The second-order valence-corrected chi connectivity index (χ2v) is 4.64. The van der Waals surface area contributed by atoms with E-state index in [1.807, 2.05) is 49.2 Å². The maximum absolute atomic E-state index is 11.1. The molecule has 23 heavy (non-hydrogen) atoms. The predicted octanol–water partition coefficient (Wildman–Crippen LogP) is 2.14. The van der Waals surface area contributed by atoms with Crippen LogP contribution in [0.5, 0.6) is 5.75 Å². The lowest BCUT2D eigenvalue weighted by atomic mass is 10.3. The summed E-state index contributed by atoms with van der Waals surface area (Å²) in [6.45, 7) is 4.42. The van der Waals surface area contributed by atoms with Crippen LogP contribution in [0.2, 0.25) is 0 Å². The van der Waals surface area contributed by atoms with Crippen LogP contribution < -0.4 is 10.1 Å². The maximum Gasteiger partial charge on any atom is 0.307 e. The first-order valence-electron chi connectivity index (χ1n) is 7.41. The highest BCUT2D eigenvalue weighted by molar-refractivity contribution is 14.0. The summed E-state index contributed by atoms with van der Waals surface area (Å²) in [5.74, 6) is 1.35. The van der Waals surface area contributed by atoms with E-state index in [1.54, 1.807) is 0 Å². The van der Waals surface area contributed by atoms with Gasteiger partial charge in [-0.25, -0.2) is 0 Å².